The molecule has 0 aliphatic rings. The Morgan fingerprint density at radius 3 is 2.24 bits per heavy atom. The van der Waals surface area contributed by atoms with E-state index in [4.69, 9.17) is 0 Å². The molecule has 4 heteroatoms. The number of hydrogen-bond donors (Lipinski definition) is 0. The highest BCUT2D eigenvalue weighted by Gasteiger charge is 2.03. The monoisotopic (exact) mass is 280 g/mol. The molecule has 0 spiro atoms. The maximum absolute atomic E-state index is 4.45. The molecule has 0 aliphatic heterocycles. The van der Waals surface area contributed by atoms with Crippen LogP contribution in [0.25, 0.3) is 0 Å². The molecule has 0 aromatic carbocycles. The minimum Gasteiger partial charge on any atom is -0.291 e. The molecule has 21 heavy (non-hydrogen) atoms. The molecule has 2 heterocycles. The van der Waals surface area contributed by atoms with E-state index in [2.05, 4.69) is 32.1 Å². The number of pyridine rings is 2. The summed E-state index contributed by atoms with van der Waals surface area (Å²) in [6.07, 6.45) is 4.57. The molecule has 2 rings (SSSR count). The number of aliphatic imine (C=N–C) groups is 2. The summed E-state index contributed by atoms with van der Waals surface area (Å²) in [4.78, 5) is 17.1. The molecule has 0 fully saturated rings. The second kappa shape index (κ2) is 6.88. The topological polar surface area (TPSA) is 50.5 Å². The van der Waals surface area contributed by atoms with E-state index in [0.717, 1.165) is 29.2 Å². The predicted octanol–water partition coefficient (Wildman–Crippen LogP) is 2.95. The molecule has 108 valence electrons. The van der Waals surface area contributed by atoms with Crippen molar-refractivity contribution in [3.63, 3.8) is 0 Å². The third-order valence-electron chi connectivity index (χ3n) is 3.47. The van der Waals surface area contributed by atoms with E-state index in [0.29, 0.717) is 0 Å². The Labute approximate surface area is 125 Å². The largest absolute Gasteiger partial charge is 0.291 e. The SMILES string of the molecule is CN=C(C)c1ccc(Cc2ccnc(C(C)=NC)c2)cn1. The minimum atomic E-state index is 0.835. The van der Waals surface area contributed by atoms with Crippen molar-refractivity contribution in [2.45, 2.75) is 20.3 Å². The van der Waals surface area contributed by atoms with Gasteiger partial charge in [-0.05, 0) is 49.6 Å². The maximum Gasteiger partial charge on any atom is 0.0839 e. The standard InChI is InChI=1S/C17H20N4/c1-12(18-3)16-6-5-15(11-21-16)9-14-7-8-20-17(10-14)13(2)19-4/h5-8,10-11H,9H2,1-4H3. The van der Waals surface area contributed by atoms with Crippen LogP contribution in [0.1, 0.15) is 36.4 Å². The first-order valence-electron chi connectivity index (χ1n) is 6.91. The van der Waals surface area contributed by atoms with Crippen molar-refractivity contribution in [1.82, 2.24) is 9.97 Å². The van der Waals surface area contributed by atoms with Crippen LogP contribution in [0, 0.1) is 0 Å². The molecule has 0 saturated heterocycles. The lowest BCUT2D eigenvalue weighted by atomic mass is 10.1. The molecule has 0 amide bonds. The zero-order valence-electron chi connectivity index (χ0n) is 13.0. The fourth-order valence-electron chi connectivity index (χ4n) is 1.99. The van der Waals surface area contributed by atoms with Gasteiger partial charge in [0.15, 0.2) is 0 Å². The normalized spacial score (nSPS) is 12.6. The van der Waals surface area contributed by atoms with E-state index in [9.17, 15) is 0 Å². The molecule has 0 unspecified atom stereocenters. The van der Waals surface area contributed by atoms with Crippen molar-refractivity contribution in [2.24, 2.45) is 9.98 Å². The van der Waals surface area contributed by atoms with Crippen molar-refractivity contribution in [3.8, 4) is 0 Å². The highest BCUT2D eigenvalue weighted by molar-refractivity contribution is 5.97. The van der Waals surface area contributed by atoms with Crippen LogP contribution in [0.4, 0.5) is 0 Å². The van der Waals surface area contributed by atoms with Crippen LogP contribution in [-0.4, -0.2) is 35.5 Å². The van der Waals surface area contributed by atoms with Crippen molar-refractivity contribution >= 4 is 11.4 Å². The molecule has 0 bridgehead atoms. The highest BCUT2D eigenvalue weighted by Crippen LogP contribution is 2.11. The van der Waals surface area contributed by atoms with Gasteiger partial charge in [0, 0.05) is 26.5 Å². The smallest absolute Gasteiger partial charge is 0.0839 e. The van der Waals surface area contributed by atoms with Gasteiger partial charge < -0.3 is 0 Å². The van der Waals surface area contributed by atoms with E-state index in [1.807, 2.05) is 38.4 Å². The van der Waals surface area contributed by atoms with Crippen LogP contribution in [-0.2, 0) is 6.42 Å². The molecule has 0 N–H and O–H groups in total. The molecular formula is C17H20N4. The van der Waals surface area contributed by atoms with Crippen LogP contribution >= 0.6 is 0 Å². The fourth-order valence-corrected chi connectivity index (χ4v) is 1.99. The van der Waals surface area contributed by atoms with Crippen molar-refractivity contribution in [3.05, 3.63) is 59.2 Å². The zero-order valence-corrected chi connectivity index (χ0v) is 13.0. The van der Waals surface area contributed by atoms with Crippen LogP contribution < -0.4 is 0 Å². The van der Waals surface area contributed by atoms with E-state index in [-0.39, 0.29) is 0 Å². The lowest BCUT2D eigenvalue weighted by molar-refractivity contribution is 1.11. The van der Waals surface area contributed by atoms with Crippen molar-refractivity contribution in [1.29, 1.82) is 0 Å². The van der Waals surface area contributed by atoms with Crippen LogP contribution in [0.5, 0.6) is 0 Å². The molecule has 2 aromatic heterocycles. The van der Waals surface area contributed by atoms with E-state index in [1.54, 1.807) is 14.1 Å². The summed E-state index contributed by atoms with van der Waals surface area (Å²) in [5, 5.41) is 0. The average molecular weight is 280 g/mol. The van der Waals surface area contributed by atoms with Gasteiger partial charge in [0.05, 0.1) is 22.8 Å². The molecule has 0 radical (unpaired) electrons. The predicted molar refractivity (Wildman–Crippen MR) is 87.6 cm³/mol. The molecule has 0 atom stereocenters. The quantitative estimate of drug-likeness (QED) is 0.808. The van der Waals surface area contributed by atoms with Gasteiger partial charge in [-0.1, -0.05) is 6.07 Å². The molecule has 0 saturated carbocycles. The molecule has 2 aromatic rings. The lowest BCUT2D eigenvalue weighted by Crippen LogP contribution is -2.01. The summed E-state index contributed by atoms with van der Waals surface area (Å²) >= 11 is 0. The van der Waals surface area contributed by atoms with E-state index < -0.39 is 0 Å². The van der Waals surface area contributed by atoms with Gasteiger partial charge in [0.2, 0.25) is 0 Å². The van der Waals surface area contributed by atoms with Crippen molar-refractivity contribution in [2.75, 3.05) is 14.1 Å². The first-order valence-corrected chi connectivity index (χ1v) is 6.91. The first-order chi connectivity index (χ1) is 10.1. The molecule has 0 aliphatic carbocycles. The van der Waals surface area contributed by atoms with E-state index in [1.165, 1.54) is 11.1 Å². The summed E-state index contributed by atoms with van der Waals surface area (Å²) in [6.45, 7) is 3.93. The third-order valence-corrected chi connectivity index (χ3v) is 3.47. The summed E-state index contributed by atoms with van der Waals surface area (Å²) in [5.74, 6) is 0. The molecule has 4 nitrogen and oxygen atoms in total. The number of hydrogen-bond acceptors (Lipinski definition) is 4. The Kier molecular flexibility index (Phi) is 4.93. The van der Waals surface area contributed by atoms with Crippen LogP contribution in [0.3, 0.4) is 0 Å². The Bertz CT molecular complexity index is 669. The molecular weight excluding hydrogens is 260 g/mol. The summed E-state index contributed by atoms with van der Waals surface area (Å²) in [6, 6.07) is 8.21. The van der Waals surface area contributed by atoms with Crippen molar-refractivity contribution < 1.29 is 0 Å². The Morgan fingerprint density at radius 2 is 1.62 bits per heavy atom. The Hall–Kier alpha value is -2.36. The fraction of sp³-hybridized carbons (Fsp3) is 0.294. The lowest BCUT2D eigenvalue weighted by Gasteiger charge is -2.05. The van der Waals surface area contributed by atoms with Gasteiger partial charge >= 0.3 is 0 Å². The van der Waals surface area contributed by atoms with Gasteiger partial charge in [0.25, 0.3) is 0 Å². The van der Waals surface area contributed by atoms with Gasteiger partial charge in [-0.3, -0.25) is 20.0 Å². The van der Waals surface area contributed by atoms with Crippen LogP contribution in [0.15, 0.2) is 46.6 Å². The Balaban J connectivity index is 2.19. The summed E-state index contributed by atoms with van der Waals surface area (Å²) < 4.78 is 0. The summed E-state index contributed by atoms with van der Waals surface area (Å²) in [5.41, 5.74) is 6.12. The minimum absolute atomic E-state index is 0.835. The third kappa shape index (κ3) is 3.81. The van der Waals surface area contributed by atoms with Gasteiger partial charge in [-0.15, -0.1) is 0 Å². The average Bonchev–Trinajstić information content (AvgIpc) is 2.54. The second-order valence-corrected chi connectivity index (χ2v) is 4.90. The highest BCUT2D eigenvalue weighted by atomic mass is 14.8. The number of aromatic nitrogens is 2. The van der Waals surface area contributed by atoms with Gasteiger partial charge in [-0.25, -0.2) is 0 Å². The van der Waals surface area contributed by atoms with Gasteiger partial charge in [0.1, 0.15) is 0 Å². The number of nitrogens with zero attached hydrogens (tertiary/aromatic N) is 4. The number of rotatable bonds is 4. The summed E-state index contributed by atoms with van der Waals surface area (Å²) in [7, 11) is 3.56. The van der Waals surface area contributed by atoms with Crippen LogP contribution in [0.2, 0.25) is 0 Å². The zero-order chi connectivity index (χ0) is 15.2. The van der Waals surface area contributed by atoms with E-state index >= 15 is 0 Å². The first kappa shape index (κ1) is 15.0. The second-order valence-electron chi connectivity index (χ2n) is 4.90. The maximum atomic E-state index is 4.45. The van der Waals surface area contributed by atoms with Gasteiger partial charge in [-0.2, -0.15) is 0 Å². The Morgan fingerprint density at radius 1 is 0.905 bits per heavy atom.